The lowest BCUT2D eigenvalue weighted by atomic mass is 10.0. The highest BCUT2D eigenvalue weighted by atomic mass is 16.1. The molecule has 0 radical (unpaired) electrons. The normalized spacial score (nSPS) is 11.5. The molecule has 0 heterocycles. The van der Waals surface area contributed by atoms with Crippen LogP contribution in [0.5, 0.6) is 0 Å². The van der Waals surface area contributed by atoms with E-state index in [4.69, 9.17) is 11.5 Å². The molecule has 0 bridgehead atoms. The van der Waals surface area contributed by atoms with Crippen molar-refractivity contribution in [1.82, 2.24) is 0 Å². The summed E-state index contributed by atoms with van der Waals surface area (Å²) < 4.78 is 0. The molecule has 0 atom stereocenters. The van der Waals surface area contributed by atoms with Crippen molar-refractivity contribution in [2.24, 2.45) is 11.5 Å². The third-order valence-corrected chi connectivity index (χ3v) is 2.93. The first-order valence-corrected chi connectivity index (χ1v) is 6.87. The van der Waals surface area contributed by atoms with Gasteiger partial charge >= 0.3 is 0 Å². The first-order valence-electron chi connectivity index (χ1n) is 6.87. The maximum Gasteiger partial charge on any atom is 0.244 e. The number of nitrogens with two attached hydrogens (primary N) is 2. The molecule has 4 nitrogen and oxygen atoms in total. The van der Waals surface area contributed by atoms with Gasteiger partial charge in [-0.15, -0.1) is 0 Å². The summed E-state index contributed by atoms with van der Waals surface area (Å²) in [5, 5.41) is 0. The predicted molar refractivity (Wildman–Crippen MR) is 73.7 cm³/mol. The topological polar surface area (TPSA) is 86.2 Å². The van der Waals surface area contributed by atoms with Crippen LogP contribution < -0.4 is 11.5 Å². The van der Waals surface area contributed by atoms with Gasteiger partial charge in [-0.3, -0.25) is 9.59 Å². The minimum Gasteiger partial charge on any atom is -0.366 e. The number of hydrogen-bond donors (Lipinski definition) is 2. The van der Waals surface area contributed by atoms with Crippen molar-refractivity contribution >= 4 is 11.8 Å². The summed E-state index contributed by atoms with van der Waals surface area (Å²) in [4.78, 5) is 21.7. The van der Waals surface area contributed by atoms with E-state index in [0.717, 1.165) is 18.9 Å². The molecule has 0 saturated carbocycles. The van der Waals surface area contributed by atoms with E-state index in [0.29, 0.717) is 12.0 Å². The molecule has 18 heavy (non-hydrogen) atoms. The largest absolute Gasteiger partial charge is 0.366 e. The zero-order valence-corrected chi connectivity index (χ0v) is 11.4. The lowest BCUT2D eigenvalue weighted by Gasteiger charge is -2.03. The summed E-state index contributed by atoms with van der Waals surface area (Å²) in [6, 6.07) is 0. The average molecular weight is 254 g/mol. The molecular formula is C14H26N2O2. The smallest absolute Gasteiger partial charge is 0.244 e. The highest BCUT2D eigenvalue weighted by Crippen LogP contribution is 2.12. The van der Waals surface area contributed by atoms with Gasteiger partial charge in [0.1, 0.15) is 0 Å². The molecule has 0 spiro atoms. The highest BCUT2D eigenvalue weighted by Gasteiger charge is 2.05. The first kappa shape index (κ1) is 16.7. The van der Waals surface area contributed by atoms with Gasteiger partial charge in [0, 0.05) is 11.6 Å². The third kappa shape index (κ3) is 9.87. The molecule has 0 aromatic heterocycles. The van der Waals surface area contributed by atoms with E-state index < -0.39 is 11.8 Å². The van der Waals surface area contributed by atoms with Crippen LogP contribution in [0.15, 0.2) is 11.6 Å². The SMILES string of the molecule is CCCCCCCCCC/C(=C\C(N)=O)C(N)=O. The van der Waals surface area contributed by atoms with Crippen LogP contribution in [0, 0.1) is 0 Å². The predicted octanol–water partition coefficient (Wildman–Crippen LogP) is 2.41. The lowest BCUT2D eigenvalue weighted by molar-refractivity contribution is -0.116. The number of primary amides is 2. The highest BCUT2D eigenvalue weighted by molar-refractivity contribution is 5.99. The van der Waals surface area contributed by atoms with Crippen molar-refractivity contribution in [2.45, 2.75) is 64.7 Å². The Hall–Kier alpha value is -1.32. The second kappa shape index (κ2) is 10.8. The van der Waals surface area contributed by atoms with Crippen molar-refractivity contribution < 1.29 is 9.59 Å². The maximum atomic E-state index is 11.0. The van der Waals surface area contributed by atoms with Crippen molar-refractivity contribution in [2.75, 3.05) is 0 Å². The lowest BCUT2D eigenvalue weighted by Crippen LogP contribution is -2.17. The summed E-state index contributed by atoms with van der Waals surface area (Å²) in [5.41, 5.74) is 10.5. The molecule has 0 aliphatic rings. The van der Waals surface area contributed by atoms with Crippen molar-refractivity contribution in [3.05, 3.63) is 11.6 Å². The zero-order chi connectivity index (χ0) is 13.8. The van der Waals surface area contributed by atoms with Crippen LogP contribution in [0.25, 0.3) is 0 Å². The van der Waals surface area contributed by atoms with Crippen LogP contribution in [-0.2, 0) is 9.59 Å². The van der Waals surface area contributed by atoms with E-state index in [-0.39, 0.29) is 0 Å². The molecule has 2 amide bonds. The molecule has 0 saturated heterocycles. The number of amides is 2. The molecule has 0 unspecified atom stereocenters. The van der Waals surface area contributed by atoms with E-state index in [1.807, 2.05) is 0 Å². The molecule has 0 rings (SSSR count). The molecule has 4 N–H and O–H groups in total. The summed E-state index contributed by atoms with van der Waals surface area (Å²) in [5.74, 6) is -1.15. The fourth-order valence-electron chi connectivity index (χ4n) is 1.89. The van der Waals surface area contributed by atoms with Crippen molar-refractivity contribution in [3.63, 3.8) is 0 Å². The Balaban J connectivity index is 3.63. The fraction of sp³-hybridized carbons (Fsp3) is 0.714. The quantitative estimate of drug-likeness (QED) is 0.438. The molecule has 104 valence electrons. The van der Waals surface area contributed by atoms with Crippen LogP contribution >= 0.6 is 0 Å². The third-order valence-electron chi connectivity index (χ3n) is 2.93. The summed E-state index contributed by atoms with van der Waals surface area (Å²) >= 11 is 0. The van der Waals surface area contributed by atoms with Gasteiger partial charge in [-0.1, -0.05) is 51.9 Å². The molecule has 0 fully saturated rings. The second-order valence-electron chi connectivity index (χ2n) is 4.66. The minimum absolute atomic E-state index is 0.341. The maximum absolute atomic E-state index is 11.0. The minimum atomic E-state index is -0.608. The van der Waals surface area contributed by atoms with Gasteiger partial charge in [0.05, 0.1) is 0 Å². The van der Waals surface area contributed by atoms with E-state index in [9.17, 15) is 9.59 Å². The van der Waals surface area contributed by atoms with E-state index >= 15 is 0 Å². The van der Waals surface area contributed by atoms with Gasteiger partial charge in [-0.05, 0) is 12.8 Å². The van der Waals surface area contributed by atoms with Gasteiger partial charge in [-0.25, -0.2) is 0 Å². The number of hydrogen-bond acceptors (Lipinski definition) is 2. The standard InChI is InChI=1S/C14H26N2O2/c1-2-3-4-5-6-7-8-9-10-12(14(16)18)11-13(15)17/h11H,2-10H2,1H3,(H2,15,17)(H2,16,18)/b12-11+. The van der Waals surface area contributed by atoms with Crippen LogP contribution in [-0.4, -0.2) is 11.8 Å². The molecule has 0 aromatic carbocycles. The van der Waals surface area contributed by atoms with Gasteiger partial charge in [0.15, 0.2) is 0 Å². The summed E-state index contributed by atoms with van der Waals surface area (Å²) in [6.45, 7) is 2.20. The fourth-order valence-corrected chi connectivity index (χ4v) is 1.89. The van der Waals surface area contributed by atoms with E-state index in [2.05, 4.69) is 6.92 Å². The van der Waals surface area contributed by atoms with Gasteiger partial charge in [0.25, 0.3) is 0 Å². The number of carbonyl (C=O) groups excluding carboxylic acids is 2. The van der Waals surface area contributed by atoms with Gasteiger partial charge < -0.3 is 11.5 Å². The van der Waals surface area contributed by atoms with Crippen LogP contribution in [0.4, 0.5) is 0 Å². The van der Waals surface area contributed by atoms with E-state index in [1.165, 1.54) is 38.5 Å². The Kier molecular flexibility index (Phi) is 10.0. The Morgan fingerprint density at radius 3 is 1.83 bits per heavy atom. The second-order valence-corrected chi connectivity index (χ2v) is 4.66. The van der Waals surface area contributed by atoms with E-state index in [1.54, 1.807) is 0 Å². The van der Waals surface area contributed by atoms with Gasteiger partial charge in [-0.2, -0.15) is 0 Å². The molecule has 0 aliphatic carbocycles. The monoisotopic (exact) mass is 254 g/mol. The van der Waals surface area contributed by atoms with Crippen LogP contribution in [0.2, 0.25) is 0 Å². The molecular weight excluding hydrogens is 228 g/mol. The van der Waals surface area contributed by atoms with Crippen molar-refractivity contribution in [1.29, 1.82) is 0 Å². The number of rotatable bonds is 11. The molecule has 4 heteroatoms. The van der Waals surface area contributed by atoms with Crippen LogP contribution in [0.1, 0.15) is 64.7 Å². The Bertz CT molecular complexity index is 286. The Morgan fingerprint density at radius 2 is 1.39 bits per heavy atom. The number of unbranched alkanes of at least 4 members (excludes halogenated alkanes) is 7. The summed E-state index contributed by atoms with van der Waals surface area (Å²) in [7, 11) is 0. The Morgan fingerprint density at radius 1 is 0.889 bits per heavy atom. The van der Waals surface area contributed by atoms with Gasteiger partial charge in [0.2, 0.25) is 11.8 Å². The summed E-state index contributed by atoms with van der Waals surface area (Å²) in [6.07, 6.45) is 11.2. The zero-order valence-electron chi connectivity index (χ0n) is 11.4. The Labute approximate surface area is 110 Å². The molecule has 0 aliphatic heterocycles. The molecule has 0 aromatic rings. The van der Waals surface area contributed by atoms with Crippen LogP contribution in [0.3, 0.4) is 0 Å². The average Bonchev–Trinajstić information content (AvgIpc) is 2.30. The number of carbonyl (C=O) groups is 2. The van der Waals surface area contributed by atoms with Crippen molar-refractivity contribution in [3.8, 4) is 0 Å². The first-order chi connectivity index (χ1) is 8.57.